The number of aliphatic imine (C=N–C) groups is 1. The van der Waals surface area contributed by atoms with E-state index in [4.69, 9.17) is 21.3 Å². The van der Waals surface area contributed by atoms with Crippen LogP contribution >= 0.6 is 11.6 Å². The van der Waals surface area contributed by atoms with Crippen molar-refractivity contribution in [1.82, 2.24) is 10.2 Å². The molecule has 6 nitrogen and oxygen atoms in total. The smallest absolute Gasteiger partial charge is 0.321 e. The summed E-state index contributed by atoms with van der Waals surface area (Å²) < 4.78 is 5.10. The first-order chi connectivity index (χ1) is 12.1. The number of rotatable bonds is 3. The van der Waals surface area contributed by atoms with Gasteiger partial charge in [0.05, 0.1) is 6.61 Å². The maximum absolute atomic E-state index is 12.7. The molecule has 25 heavy (non-hydrogen) atoms. The lowest BCUT2D eigenvalue weighted by Crippen LogP contribution is -2.53. The standard InChI is InChI=1S/C18H22ClN3O3/c1-2-25-17(24)14-15(12-7-6-8-13(19)11-12)20-18(21-16(14)23)22-9-4-3-5-10-22/h6-8,11,14-15H,2-5,9-10H2,1H3,(H,20,21,23)/t14-,15-/m0/s1. The first kappa shape index (κ1) is 17.7. The normalized spacial score (nSPS) is 23.7. The number of carbonyl (C=O) groups is 2. The van der Waals surface area contributed by atoms with Crippen LogP contribution in [0.3, 0.4) is 0 Å². The number of likely N-dealkylation sites (tertiary alicyclic amines) is 1. The molecule has 0 saturated carbocycles. The second-order valence-corrected chi connectivity index (χ2v) is 6.66. The molecule has 134 valence electrons. The quantitative estimate of drug-likeness (QED) is 0.661. The van der Waals surface area contributed by atoms with Crippen molar-refractivity contribution < 1.29 is 14.3 Å². The Hall–Kier alpha value is -2.08. The molecule has 1 N–H and O–H groups in total. The Labute approximate surface area is 152 Å². The lowest BCUT2D eigenvalue weighted by molar-refractivity contribution is -0.153. The van der Waals surface area contributed by atoms with Gasteiger partial charge in [0.25, 0.3) is 0 Å². The molecule has 0 aliphatic carbocycles. The van der Waals surface area contributed by atoms with Crippen molar-refractivity contribution in [1.29, 1.82) is 0 Å². The van der Waals surface area contributed by atoms with Gasteiger partial charge in [-0.2, -0.15) is 0 Å². The first-order valence-electron chi connectivity index (χ1n) is 8.66. The lowest BCUT2D eigenvalue weighted by Gasteiger charge is -2.35. The number of esters is 1. The number of carbonyl (C=O) groups excluding carboxylic acids is 2. The van der Waals surface area contributed by atoms with Crippen LogP contribution in [0.25, 0.3) is 0 Å². The number of ether oxygens (including phenoxy) is 1. The third-order valence-corrected chi connectivity index (χ3v) is 4.72. The summed E-state index contributed by atoms with van der Waals surface area (Å²) in [5, 5.41) is 3.34. The molecule has 0 radical (unpaired) electrons. The Morgan fingerprint density at radius 1 is 1.36 bits per heavy atom. The molecule has 2 aliphatic rings. The van der Waals surface area contributed by atoms with Crippen LogP contribution in [0.2, 0.25) is 5.02 Å². The van der Waals surface area contributed by atoms with Crippen molar-refractivity contribution in [2.24, 2.45) is 10.9 Å². The summed E-state index contributed by atoms with van der Waals surface area (Å²) in [4.78, 5) is 31.8. The second kappa shape index (κ2) is 7.87. The summed E-state index contributed by atoms with van der Waals surface area (Å²) in [5.41, 5.74) is 0.731. The molecule has 1 amide bonds. The molecule has 2 atom stereocenters. The van der Waals surface area contributed by atoms with Crippen molar-refractivity contribution in [3.05, 3.63) is 34.9 Å². The van der Waals surface area contributed by atoms with Crippen LogP contribution in [0.1, 0.15) is 37.8 Å². The van der Waals surface area contributed by atoms with Gasteiger partial charge in [-0.15, -0.1) is 0 Å². The van der Waals surface area contributed by atoms with Crippen LogP contribution in [-0.2, 0) is 14.3 Å². The average Bonchev–Trinajstić information content (AvgIpc) is 2.62. The molecule has 1 aromatic carbocycles. The molecule has 0 unspecified atom stereocenters. The monoisotopic (exact) mass is 363 g/mol. The Bertz CT molecular complexity index is 686. The Kier molecular flexibility index (Phi) is 5.58. The highest BCUT2D eigenvalue weighted by atomic mass is 35.5. The summed E-state index contributed by atoms with van der Waals surface area (Å²) >= 11 is 6.10. The molecule has 1 saturated heterocycles. The second-order valence-electron chi connectivity index (χ2n) is 6.22. The van der Waals surface area contributed by atoms with Gasteiger partial charge in [0.2, 0.25) is 11.9 Å². The van der Waals surface area contributed by atoms with Gasteiger partial charge in [-0.3, -0.25) is 14.9 Å². The molecule has 0 aromatic heterocycles. The van der Waals surface area contributed by atoms with Crippen molar-refractivity contribution in [3.63, 3.8) is 0 Å². The van der Waals surface area contributed by atoms with Crippen LogP contribution in [0.4, 0.5) is 0 Å². The van der Waals surface area contributed by atoms with E-state index in [2.05, 4.69) is 10.2 Å². The van der Waals surface area contributed by atoms with Gasteiger partial charge in [0.15, 0.2) is 5.92 Å². The number of guanidine groups is 1. The summed E-state index contributed by atoms with van der Waals surface area (Å²) in [6.07, 6.45) is 3.32. The molecule has 1 fully saturated rings. The number of piperidine rings is 1. The predicted molar refractivity (Wildman–Crippen MR) is 95.3 cm³/mol. The minimum Gasteiger partial charge on any atom is -0.465 e. The molecule has 2 heterocycles. The van der Waals surface area contributed by atoms with Crippen molar-refractivity contribution in [2.75, 3.05) is 19.7 Å². The summed E-state index contributed by atoms with van der Waals surface area (Å²) in [6.45, 7) is 3.64. The number of halogens is 1. The number of hydrogen-bond acceptors (Lipinski definition) is 5. The van der Waals surface area contributed by atoms with E-state index in [1.807, 2.05) is 6.07 Å². The summed E-state index contributed by atoms with van der Waals surface area (Å²) in [7, 11) is 0. The fourth-order valence-corrected chi connectivity index (χ4v) is 3.46. The van der Waals surface area contributed by atoms with Gasteiger partial charge in [-0.25, -0.2) is 4.99 Å². The van der Waals surface area contributed by atoms with Gasteiger partial charge in [-0.05, 0) is 43.9 Å². The van der Waals surface area contributed by atoms with Gasteiger partial charge in [-0.1, -0.05) is 23.7 Å². The molecule has 0 spiro atoms. The number of nitrogens with zero attached hydrogens (tertiary/aromatic N) is 2. The summed E-state index contributed by atoms with van der Waals surface area (Å²) in [5.74, 6) is -1.41. The summed E-state index contributed by atoms with van der Waals surface area (Å²) in [6, 6.07) is 6.49. The zero-order valence-corrected chi connectivity index (χ0v) is 15.0. The Morgan fingerprint density at radius 3 is 2.80 bits per heavy atom. The van der Waals surface area contributed by atoms with Gasteiger partial charge in [0.1, 0.15) is 6.04 Å². The van der Waals surface area contributed by atoms with Crippen LogP contribution in [0.5, 0.6) is 0 Å². The number of nitrogens with one attached hydrogen (secondary N) is 1. The van der Waals surface area contributed by atoms with Crippen LogP contribution in [-0.4, -0.2) is 42.4 Å². The molecule has 3 rings (SSSR count). The topological polar surface area (TPSA) is 71.0 Å². The zero-order chi connectivity index (χ0) is 17.8. The third kappa shape index (κ3) is 3.95. The highest BCUT2D eigenvalue weighted by Gasteiger charge is 2.42. The first-order valence-corrected chi connectivity index (χ1v) is 9.03. The minimum atomic E-state index is -1.01. The van der Waals surface area contributed by atoms with E-state index in [0.717, 1.165) is 31.5 Å². The van der Waals surface area contributed by atoms with Crippen molar-refractivity contribution in [2.45, 2.75) is 32.2 Å². The molecule has 1 aromatic rings. The third-order valence-electron chi connectivity index (χ3n) is 4.48. The van der Waals surface area contributed by atoms with Crippen LogP contribution in [0, 0.1) is 5.92 Å². The van der Waals surface area contributed by atoms with Gasteiger partial charge >= 0.3 is 5.97 Å². The van der Waals surface area contributed by atoms with Gasteiger partial charge in [0, 0.05) is 18.1 Å². The maximum atomic E-state index is 12.7. The van der Waals surface area contributed by atoms with E-state index in [9.17, 15) is 9.59 Å². The van der Waals surface area contributed by atoms with E-state index < -0.39 is 17.9 Å². The largest absolute Gasteiger partial charge is 0.465 e. The van der Waals surface area contributed by atoms with Crippen molar-refractivity contribution in [3.8, 4) is 0 Å². The van der Waals surface area contributed by atoms with Crippen molar-refractivity contribution >= 4 is 29.4 Å². The molecule has 7 heteroatoms. The number of benzene rings is 1. The highest BCUT2D eigenvalue weighted by Crippen LogP contribution is 2.32. The minimum absolute atomic E-state index is 0.216. The fourth-order valence-electron chi connectivity index (χ4n) is 3.26. The van der Waals surface area contributed by atoms with E-state index in [0.29, 0.717) is 11.0 Å². The van der Waals surface area contributed by atoms with Crippen LogP contribution < -0.4 is 5.32 Å². The molecule has 0 bridgehead atoms. The Balaban J connectivity index is 1.97. The predicted octanol–water partition coefficient (Wildman–Crippen LogP) is 2.53. The molecule has 2 aliphatic heterocycles. The van der Waals surface area contributed by atoms with Crippen LogP contribution in [0.15, 0.2) is 29.3 Å². The zero-order valence-electron chi connectivity index (χ0n) is 14.2. The van der Waals surface area contributed by atoms with Gasteiger partial charge < -0.3 is 9.64 Å². The SMILES string of the molecule is CCOC(=O)[C@@H]1C(=O)NC(N2CCCCC2)=N[C@H]1c1cccc(Cl)c1. The Morgan fingerprint density at radius 2 is 2.12 bits per heavy atom. The fraction of sp³-hybridized carbons (Fsp3) is 0.500. The molecular formula is C18H22ClN3O3. The maximum Gasteiger partial charge on any atom is 0.321 e. The lowest BCUT2D eigenvalue weighted by atomic mass is 9.91. The van der Waals surface area contributed by atoms with E-state index in [1.54, 1.807) is 25.1 Å². The average molecular weight is 364 g/mol. The number of hydrogen-bond donors (Lipinski definition) is 1. The highest BCUT2D eigenvalue weighted by molar-refractivity contribution is 6.30. The van der Waals surface area contributed by atoms with E-state index in [-0.39, 0.29) is 12.5 Å². The van der Waals surface area contributed by atoms with E-state index >= 15 is 0 Å². The van der Waals surface area contributed by atoms with E-state index in [1.165, 1.54) is 6.42 Å². The molecular weight excluding hydrogens is 342 g/mol. The number of amides is 1.